The van der Waals surface area contributed by atoms with Gasteiger partial charge in [-0.3, -0.25) is 9.69 Å². The molecule has 0 radical (unpaired) electrons. The zero-order valence-electron chi connectivity index (χ0n) is 19.3. The standard InChI is InChI=1S/C25H34N2O5/c1-4-31-23-9-8-20(17-24(23)29-3)25(28)26-18-19-6-5-7-22(16-19)32-15-12-27(2)21-10-13-30-14-11-21/h5-9,16-17,21H,4,10-15,18H2,1-3H3,(H,26,28). The van der Waals surface area contributed by atoms with Gasteiger partial charge in [-0.25, -0.2) is 0 Å². The zero-order valence-corrected chi connectivity index (χ0v) is 19.3. The van der Waals surface area contributed by atoms with Crippen LogP contribution in [-0.4, -0.2) is 64.0 Å². The Bertz CT molecular complexity index is 867. The molecule has 7 nitrogen and oxygen atoms in total. The molecule has 1 amide bonds. The van der Waals surface area contributed by atoms with Gasteiger partial charge in [0.05, 0.1) is 13.7 Å². The van der Waals surface area contributed by atoms with Gasteiger partial charge in [-0.1, -0.05) is 12.1 Å². The molecule has 32 heavy (non-hydrogen) atoms. The molecule has 0 aliphatic carbocycles. The molecule has 2 aromatic carbocycles. The summed E-state index contributed by atoms with van der Waals surface area (Å²) in [5.74, 6) is 1.80. The highest BCUT2D eigenvalue weighted by atomic mass is 16.5. The molecule has 1 aliphatic heterocycles. The van der Waals surface area contributed by atoms with Crippen LogP contribution in [-0.2, 0) is 11.3 Å². The highest BCUT2D eigenvalue weighted by Gasteiger charge is 2.18. The number of carbonyl (C=O) groups excluding carboxylic acids is 1. The van der Waals surface area contributed by atoms with Crippen LogP contribution in [0.4, 0.5) is 0 Å². The van der Waals surface area contributed by atoms with E-state index in [2.05, 4.69) is 17.3 Å². The van der Waals surface area contributed by atoms with Crippen molar-refractivity contribution in [2.45, 2.75) is 32.4 Å². The molecule has 1 N–H and O–H groups in total. The summed E-state index contributed by atoms with van der Waals surface area (Å²) < 4.78 is 22.2. The maximum atomic E-state index is 12.6. The first kappa shape index (κ1) is 23.9. The summed E-state index contributed by atoms with van der Waals surface area (Å²) in [6, 6.07) is 13.6. The molecule has 0 saturated carbocycles. The number of benzene rings is 2. The van der Waals surface area contributed by atoms with Crippen LogP contribution in [0.3, 0.4) is 0 Å². The number of hydrogen-bond acceptors (Lipinski definition) is 6. The minimum Gasteiger partial charge on any atom is -0.493 e. The Morgan fingerprint density at radius 3 is 2.69 bits per heavy atom. The quantitative estimate of drug-likeness (QED) is 0.574. The molecule has 0 bridgehead atoms. The third kappa shape index (κ3) is 6.87. The first-order chi connectivity index (χ1) is 15.6. The second-order valence-corrected chi connectivity index (χ2v) is 7.80. The van der Waals surface area contributed by atoms with E-state index in [-0.39, 0.29) is 5.91 Å². The van der Waals surface area contributed by atoms with Gasteiger partial charge in [-0.2, -0.15) is 0 Å². The molecule has 0 unspecified atom stereocenters. The molecule has 0 aromatic heterocycles. The van der Waals surface area contributed by atoms with Crippen molar-refractivity contribution in [1.82, 2.24) is 10.2 Å². The van der Waals surface area contributed by atoms with E-state index in [9.17, 15) is 4.79 Å². The summed E-state index contributed by atoms with van der Waals surface area (Å²) in [6.07, 6.45) is 2.15. The van der Waals surface area contributed by atoms with Crippen LogP contribution < -0.4 is 19.5 Å². The molecule has 0 spiro atoms. The number of hydrogen-bond donors (Lipinski definition) is 1. The molecule has 1 saturated heterocycles. The van der Waals surface area contributed by atoms with Crippen LogP contribution in [0.25, 0.3) is 0 Å². The van der Waals surface area contributed by atoms with Gasteiger partial charge in [0.15, 0.2) is 11.5 Å². The van der Waals surface area contributed by atoms with Crippen molar-refractivity contribution in [1.29, 1.82) is 0 Å². The molecule has 1 aliphatic rings. The molecular weight excluding hydrogens is 408 g/mol. The molecule has 2 aromatic rings. The Hall–Kier alpha value is -2.77. The van der Waals surface area contributed by atoms with E-state index in [1.807, 2.05) is 31.2 Å². The van der Waals surface area contributed by atoms with E-state index < -0.39 is 0 Å². The summed E-state index contributed by atoms with van der Waals surface area (Å²) in [7, 11) is 3.70. The third-order valence-corrected chi connectivity index (χ3v) is 5.60. The van der Waals surface area contributed by atoms with Crippen molar-refractivity contribution < 1.29 is 23.7 Å². The number of nitrogens with one attached hydrogen (secondary N) is 1. The lowest BCUT2D eigenvalue weighted by Crippen LogP contribution is -2.38. The zero-order chi connectivity index (χ0) is 22.8. The van der Waals surface area contributed by atoms with Crippen LogP contribution in [0, 0.1) is 0 Å². The van der Waals surface area contributed by atoms with Gasteiger partial charge in [0.25, 0.3) is 5.91 Å². The lowest BCUT2D eigenvalue weighted by Gasteiger charge is -2.31. The molecule has 1 fully saturated rings. The van der Waals surface area contributed by atoms with Gasteiger partial charge in [0.2, 0.25) is 0 Å². The normalized spacial score (nSPS) is 14.2. The van der Waals surface area contributed by atoms with Gasteiger partial charge >= 0.3 is 0 Å². The Labute approximate surface area is 190 Å². The minimum atomic E-state index is -0.171. The monoisotopic (exact) mass is 442 g/mol. The van der Waals surface area contributed by atoms with E-state index in [1.54, 1.807) is 25.3 Å². The van der Waals surface area contributed by atoms with Crippen molar-refractivity contribution >= 4 is 5.91 Å². The average Bonchev–Trinajstić information content (AvgIpc) is 2.83. The summed E-state index contributed by atoms with van der Waals surface area (Å²) >= 11 is 0. The molecule has 174 valence electrons. The maximum Gasteiger partial charge on any atom is 0.251 e. The number of nitrogens with zero attached hydrogens (tertiary/aromatic N) is 1. The first-order valence-electron chi connectivity index (χ1n) is 11.2. The third-order valence-electron chi connectivity index (χ3n) is 5.60. The van der Waals surface area contributed by atoms with Crippen LogP contribution in [0.15, 0.2) is 42.5 Å². The molecule has 0 atom stereocenters. The summed E-state index contributed by atoms with van der Waals surface area (Å²) in [4.78, 5) is 14.9. The SMILES string of the molecule is CCOc1ccc(C(=O)NCc2cccc(OCCN(C)C3CCOCC3)c2)cc1OC. The number of methoxy groups -OCH3 is 1. The summed E-state index contributed by atoms with van der Waals surface area (Å²) in [5, 5.41) is 2.95. The molecule has 3 rings (SSSR count). The van der Waals surface area contributed by atoms with Crippen LogP contribution >= 0.6 is 0 Å². The van der Waals surface area contributed by atoms with E-state index in [0.717, 1.165) is 43.9 Å². The van der Waals surface area contributed by atoms with E-state index in [1.165, 1.54) is 0 Å². The molecule has 7 heteroatoms. The number of likely N-dealkylation sites (N-methyl/N-ethyl adjacent to an activating group) is 1. The van der Waals surface area contributed by atoms with Crippen molar-refractivity contribution in [3.05, 3.63) is 53.6 Å². The predicted octanol–water partition coefficient (Wildman–Crippen LogP) is 3.51. The molecular formula is C25H34N2O5. The Morgan fingerprint density at radius 2 is 1.94 bits per heavy atom. The Kier molecular flexibility index (Phi) is 9.19. The summed E-state index contributed by atoms with van der Waals surface area (Å²) in [6.45, 7) is 6.02. The van der Waals surface area contributed by atoms with Crippen LogP contribution in [0.2, 0.25) is 0 Å². The average molecular weight is 443 g/mol. The fourth-order valence-electron chi connectivity index (χ4n) is 3.73. The van der Waals surface area contributed by atoms with Gasteiger partial charge in [0.1, 0.15) is 12.4 Å². The lowest BCUT2D eigenvalue weighted by molar-refractivity contribution is 0.0392. The Balaban J connectivity index is 1.48. The van der Waals surface area contributed by atoms with Gasteiger partial charge in [-0.15, -0.1) is 0 Å². The van der Waals surface area contributed by atoms with Gasteiger partial charge in [0, 0.05) is 37.9 Å². The van der Waals surface area contributed by atoms with Gasteiger partial charge in [-0.05, 0) is 62.7 Å². The number of ether oxygens (including phenoxy) is 4. The fourth-order valence-corrected chi connectivity index (χ4v) is 3.73. The smallest absolute Gasteiger partial charge is 0.251 e. The number of rotatable bonds is 11. The van der Waals surface area contributed by atoms with Crippen molar-refractivity contribution in [3.8, 4) is 17.2 Å². The van der Waals surface area contributed by atoms with E-state index >= 15 is 0 Å². The van der Waals surface area contributed by atoms with Crippen LogP contribution in [0.5, 0.6) is 17.2 Å². The minimum absolute atomic E-state index is 0.171. The highest BCUT2D eigenvalue weighted by molar-refractivity contribution is 5.94. The second kappa shape index (κ2) is 12.3. The van der Waals surface area contributed by atoms with E-state index in [4.69, 9.17) is 18.9 Å². The molecule has 1 heterocycles. The predicted molar refractivity (Wildman–Crippen MR) is 124 cm³/mol. The lowest BCUT2D eigenvalue weighted by atomic mass is 10.1. The largest absolute Gasteiger partial charge is 0.493 e. The van der Waals surface area contributed by atoms with Crippen molar-refractivity contribution in [2.75, 3.05) is 47.1 Å². The van der Waals surface area contributed by atoms with E-state index in [0.29, 0.717) is 42.9 Å². The topological polar surface area (TPSA) is 69.3 Å². The fraction of sp³-hybridized carbons (Fsp3) is 0.480. The Morgan fingerprint density at radius 1 is 1.12 bits per heavy atom. The summed E-state index contributed by atoms with van der Waals surface area (Å²) in [5.41, 5.74) is 1.50. The van der Waals surface area contributed by atoms with Crippen molar-refractivity contribution in [2.24, 2.45) is 0 Å². The van der Waals surface area contributed by atoms with Gasteiger partial charge < -0.3 is 24.3 Å². The maximum absolute atomic E-state index is 12.6. The number of amides is 1. The van der Waals surface area contributed by atoms with Crippen molar-refractivity contribution in [3.63, 3.8) is 0 Å². The van der Waals surface area contributed by atoms with Crippen LogP contribution in [0.1, 0.15) is 35.7 Å². The number of carbonyl (C=O) groups is 1. The highest BCUT2D eigenvalue weighted by Crippen LogP contribution is 2.28. The first-order valence-corrected chi connectivity index (χ1v) is 11.2. The second-order valence-electron chi connectivity index (χ2n) is 7.80.